The molecule has 0 radical (unpaired) electrons. The first-order chi connectivity index (χ1) is 7.45. The molecule has 5 nitrogen and oxygen atoms in total. The van der Waals surface area contributed by atoms with Gasteiger partial charge in [-0.1, -0.05) is 6.42 Å². The maximum atomic E-state index is 10.8. The van der Waals surface area contributed by atoms with Crippen molar-refractivity contribution in [2.45, 2.75) is 25.7 Å². The summed E-state index contributed by atoms with van der Waals surface area (Å²) in [5.74, 6) is 6.64. The Morgan fingerprint density at radius 1 is 1.25 bits per heavy atom. The Morgan fingerprint density at radius 3 is 2.50 bits per heavy atom. The number of carbonyl (C=O) groups is 1. The third kappa shape index (κ3) is 11.8. The Hall–Kier alpha value is -0.270. The van der Waals surface area contributed by atoms with Gasteiger partial charge in [0.05, 0.1) is 5.75 Å². The summed E-state index contributed by atoms with van der Waals surface area (Å²) in [7, 11) is -2.82. The Bertz CT molecular complexity index is 291. The summed E-state index contributed by atoms with van der Waals surface area (Å²) in [5.41, 5.74) is 2.08. The SMILES string of the molecule is CS(=O)(=O)CCSCCCCCC(=O)NN. The molecule has 0 aromatic rings. The van der Waals surface area contributed by atoms with Gasteiger partial charge < -0.3 is 0 Å². The average Bonchev–Trinajstić information content (AvgIpc) is 2.20. The zero-order chi connectivity index (χ0) is 12.4. The standard InChI is InChI=1S/C9H20N2O3S2/c1-16(13,14)8-7-15-6-4-2-3-5-9(12)11-10/h2-8,10H2,1H3,(H,11,12). The fraction of sp³-hybridized carbons (Fsp3) is 0.889. The third-order valence-electron chi connectivity index (χ3n) is 1.95. The summed E-state index contributed by atoms with van der Waals surface area (Å²) in [6.07, 6.45) is 4.52. The number of unbranched alkanes of at least 4 members (excludes halogenated alkanes) is 2. The molecule has 7 heteroatoms. The average molecular weight is 268 g/mol. The molecule has 0 aliphatic carbocycles. The Labute approximate surface area is 101 Å². The van der Waals surface area contributed by atoms with Crippen LogP contribution in [0.1, 0.15) is 25.7 Å². The van der Waals surface area contributed by atoms with E-state index in [1.54, 1.807) is 11.8 Å². The predicted molar refractivity (Wildman–Crippen MR) is 67.8 cm³/mol. The zero-order valence-electron chi connectivity index (χ0n) is 9.57. The van der Waals surface area contributed by atoms with E-state index in [4.69, 9.17) is 5.84 Å². The highest BCUT2D eigenvalue weighted by molar-refractivity contribution is 8.00. The van der Waals surface area contributed by atoms with Crippen LogP contribution in [0.2, 0.25) is 0 Å². The molecule has 16 heavy (non-hydrogen) atoms. The lowest BCUT2D eigenvalue weighted by Gasteiger charge is -2.01. The summed E-state index contributed by atoms with van der Waals surface area (Å²) in [5, 5.41) is 0. The molecule has 0 heterocycles. The second-order valence-electron chi connectivity index (χ2n) is 3.62. The first-order valence-electron chi connectivity index (χ1n) is 5.20. The third-order valence-corrected chi connectivity index (χ3v) is 4.23. The number of amides is 1. The number of sulfone groups is 1. The molecule has 0 rings (SSSR count). The number of nitrogens with two attached hydrogens (primary N) is 1. The number of thioether (sulfide) groups is 1. The maximum absolute atomic E-state index is 10.8. The summed E-state index contributed by atoms with van der Waals surface area (Å²) < 4.78 is 21.6. The van der Waals surface area contributed by atoms with E-state index in [-0.39, 0.29) is 11.7 Å². The van der Waals surface area contributed by atoms with Crippen molar-refractivity contribution in [1.82, 2.24) is 5.43 Å². The van der Waals surface area contributed by atoms with Crippen LogP contribution in [-0.4, -0.2) is 37.8 Å². The number of hydrogen-bond donors (Lipinski definition) is 2. The number of hydrogen-bond acceptors (Lipinski definition) is 5. The van der Waals surface area contributed by atoms with Crippen molar-refractivity contribution in [1.29, 1.82) is 0 Å². The zero-order valence-corrected chi connectivity index (χ0v) is 11.2. The molecule has 0 unspecified atom stereocenters. The lowest BCUT2D eigenvalue weighted by atomic mass is 10.2. The van der Waals surface area contributed by atoms with Crippen molar-refractivity contribution >= 4 is 27.5 Å². The van der Waals surface area contributed by atoms with Gasteiger partial charge in [0.2, 0.25) is 5.91 Å². The van der Waals surface area contributed by atoms with Crippen LogP contribution in [0.5, 0.6) is 0 Å². The Balaban J connectivity index is 3.19. The van der Waals surface area contributed by atoms with Gasteiger partial charge in [0.25, 0.3) is 0 Å². The topological polar surface area (TPSA) is 89.3 Å². The van der Waals surface area contributed by atoms with Crippen LogP contribution >= 0.6 is 11.8 Å². The smallest absolute Gasteiger partial charge is 0.233 e. The normalized spacial score (nSPS) is 11.4. The van der Waals surface area contributed by atoms with E-state index < -0.39 is 9.84 Å². The maximum Gasteiger partial charge on any atom is 0.233 e. The van der Waals surface area contributed by atoms with Gasteiger partial charge in [-0.3, -0.25) is 10.2 Å². The lowest BCUT2D eigenvalue weighted by molar-refractivity contribution is -0.121. The van der Waals surface area contributed by atoms with Crippen LogP contribution < -0.4 is 11.3 Å². The van der Waals surface area contributed by atoms with Crippen molar-refractivity contribution in [3.63, 3.8) is 0 Å². The molecule has 0 aliphatic heterocycles. The minimum absolute atomic E-state index is 0.135. The molecule has 0 bridgehead atoms. The Morgan fingerprint density at radius 2 is 1.94 bits per heavy atom. The molecule has 0 saturated carbocycles. The van der Waals surface area contributed by atoms with Crippen LogP contribution in [-0.2, 0) is 14.6 Å². The number of nitrogens with one attached hydrogen (secondary N) is 1. The monoisotopic (exact) mass is 268 g/mol. The van der Waals surface area contributed by atoms with Crippen molar-refractivity contribution in [2.75, 3.05) is 23.5 Å². The highest BCUT2D eigenvalue weighted by atomic mass is 32.2. The van der Waals surface area contributed by atoms with Gasteiger partial charge in [-0.2, -0.15) is 11.8 Å². The van der Waals surface area contributed by atoms with Crippen molar-refractivity contribution in [3.8, 4) is 0 Å². The van der Waals surface area contributed by atoms with Crippen LogP contribution in [0.4, 0.5) is 0 Å². The number of rotatable bonds is 9. The predicted octanol–water partition coefficient (Wildman–Crippen LogP) is 0.315. The van der Waals surface area contributed by atoms with Crippen LogP contribution in [0.3, 0.4) is 0 Å². The van der Waals surface area contributed by atoms with Gasteiger partial charge in [0.15, 0.2) is 0 Å². The quantitative estimate of drug-likeness (QED) is 0.272. The summed E-state index contributed by atoms with van der Waals surface area (Å²) >= 11 is 1.64. The van der Waals surface area contributed by atoms with Crippen molar-refractivity contribution < 1.29 is 13.2 Å². The van der Waals surface area contributed by atoms with Crippen LogP contribution in [0, 0.1) is 0 Å². The van der Waals surface area contributed by atoms with E-state index in [9.17, 15) is 13.2 Å². The van der Waals surface area contributed by atoms with E-state index in [0.29, 0.717) is 12.2 Å². The fourth-order valence-corrected chi connectivity index (χ4v) is 3.35. The van der Waals surface area contributed by atoms with Gasteiger partial charge in [-0.15, -0.1) is 0 Å². The van der Waals surface area contributed by atoms with Crippen LogP contribution in [0.25, 0.3) is 0 Å². The molecule has 3 N–H and O–H groups in total. The molecule has 0 saturated heterocycles. The van der Waals surface area contributed by atoms with Crippen molar-refractivity contribution in [3.05, 3.63) is 0 Å². The van der Waals surface area contributed by atoms with E-state index in [1.807, 2.05) is 0 Å². The number of carbonyl (C=O) groups excluding carboxylic acids is 1. The molecule has 0 aliphatic rings. The highest BCUT2D eigenvalue weighted by Crippen LogP contribution is 2.08. The second kappa shape index (κ2) is 8.83. The summed E-state index contributed by atoms with van der Waals surface area (Å²) in [4.78, 5) is 10.7. The molecule has 0 fully saturated rings. The molecular formula is C9H20N2O3S2. The van der Waals surface area contributed by atoms with Crippen molar-refractivity contribution in [2.24, 2.45) is 5.84 Å². The second-order valence-corrected chi connectivity index (χ2v) is 7.10. The van der Waals surface area contributed by atoms with Gasteiger partial charge in [0, 0.05) is 18.4 Å². The summed E-state index contributed by atoms with van der Waals surface area (Å²) in [6.45, 7) is 0. The van der Waals surface area contributed by atoms with Gasteiger partial charge >= 0.3 is 0 Å². The van der Waals surface area contributed by atoms with Crippen LogP contribution in [0.15, 0.2) is 0 Å². The Kier molecular flexibility index (Phi) is 8.68. The molecule has 0 aromatic heterocycles. The minimum atomic E-state index is -2.82. The van der Waals surface area contributed by atoms with E-state index in [1.165, 1.54) is 6.26 Å². The minimum Gasteiger partial charge on any atom is -0.294 e. The molecule has 0 atom stereocenters. The highest BCUT2D eigenvalue weighted by Gasteiger charge is 2.01. The lowest BCUT2D eigenvalue weighted by Crippen LogP contribution is -2.29. The van der Waals surface area contributed by atoms with E-state index in [2.05, 4.69) is 5.43 Å². The van der Waals surface area contributed by atoms with E-state index >= 15 is 0 Å². The van der Waals surface area contributed by atoms with Gasteiger partial charge in [-0.25, -0.2) is 14.3 Å². The first-order valence-corrected chi connectivity index (χ1v) is 8.42. The first kappa shape index (κ1) is 15.7. The molecule has 96 valence electrons. The molecule has 0 spiro atoms. The molecule has 0 aromatic carbocycles. The largest absolute Gasteiger partial charge is 0.294 e. The summed E-state index contributed by atoms with van der Waals surface area (Å²) in [6, 6.07) is 0. The van der Waals surface area contributed by atoms with Gasteiger partial charge in [0.1, 0.15) is 9.84 Å². The molecular weight excluding hydrogens is 248 g/mol. The molecule has 1 amide bonds. The van der Waals surface area contributed by atoms with E-state index in [0.717, 1.165) is 25.0 Å². The number of hydrazine groups is 1. The fourth-order valence-electron chi connectivity index (χ4n) is 1.05. The van der Waals surface area contributed by atoms with Gasteiger partial charge in [-0.05, 0) is 18.6 Å².